The third kappa shape index (κ3) is 3.46. The normalized spacial score (nSPS) is 12.0. The number of benzene rings is 2. The number of carbonyl (C=O) groups is 1. The number of para-hydroxylation sites is 1. The van der Waals surface area contributed by atoms with Gasteiger partial charge in [0, 0.05) is 13.2 Å². The molecule has 0 aliphatic carbocycles. The van der Waals surface area contributed by atoms with Crippen LogP contribution in [-0.2, 0) is 0 Å². The fourth-order valence-electron chi connectivity index (χ4n) is 2.56. The number of nitrogens with zero attached hydrogens (tertiary/aromatic N) is 3. The Labute approximate surface area is 154 Å². The highest BCUT2D eigenvalue weighted by Crippen LogP contribution is 2.23. The van der Waals surface area contributed by atoms with Crippen molar-refractivity contribution in [2.75, 3.05) is 7.05 Å². The number of hydrogen-bond acceptors (Lipinski definition) is 2. The minimum absolute atomic E-state index is 0.224. The summed E-state index contributed by atoms with van der Waals surface area (Å²) in [5.41, 5.74) is 1.37. The quantitative estimate of drug-likeness (QED) is 0.666. The van der Waals surface area contributed by atoms with Crippen molar-refractivity contribution in [3.05, 3.63) is 82.6 Å². The number of rotatable bonds is 4. The van der Waals surface area contributed by atoms with Gasteiger partial charge in [-0.3, -0.25) is 4.79 Å². The summed E-state index contributed by atoms with van der Waals surface area (Å²) in [6.07, 6.45) is 1.64. The number of carbonyl (C=O) groups excluding carboxylic acids is 1. The van der Waals surface area contributed by atoms with Crippen LogP contribution in [0.2, 0.25) is 5.02 Å². The smallest absolute Gasteiger partial charge is 0.274 e. The molecule has 3 aromatic rings. The van der Waals surface area contributed by atoms with Gasteiger partial charge in [0.05, 0.1) is 16.8 Å². The molecule has 1 unspecified atom stereocenters. The molecular formula is C19H16ClF2N3O. The fourth-order valence-corrected chi connectivity index (χ4v) is 2.78. The summed E-state index contributed by atoms with van der Waals surface area (Å²) in [6.45, 7) is 1.73. The predicted octanol–water partition coefficient (Wildman–Crippen LogP) is 4.64. The average molecular weight is 376 g/mol. The standard InChI is InChI=1S/C19H16ClF2N3O/c1-12(13-7-8-15(21)16(22)11-13)24(2)19(26)17-9-10-25(23-17)18-6-4-3-5-14(18)20/h3-12H,1-2H3. The first kappa shape index (κ1) is 18.1. The molecule has 0 aliphatic heterocycles. The second-order valence-corrected chi connectivity index (χ2v) is 6.27. The summed E-state index contributed by atoms with van der Waals surface area (Å²) >= 11 is 6.15. The molecule has 0 spiro atoms. The molecule has 1 amide bonds. The maximum absolute atomic E-state index is 13.4. The summed E-state index contributed by atoms with van der Waals surface area (Å²) in [5.74, 6) is -2.21. The van der Waals surface area contributed by atoms with Gasteiger partial charge in [-0.25, -0.2) is 13.5 Å². The number of halogens is 3. The van der Waals surface area contributed by atoms with Crippen LogP contribution in [0.15, 0.2) is 54.7 Å². The molecule has 0 fully saturated rings. The second-order valence-electron chi connectivity index (χ2n) is 5.86. The van der Waals surface area contributed by atoms with Crippen molar-refractivity contribution < 1.29 is 13.6 Å². The van der Waals surface area contributed by atoms with Crippen LogP contribution >= 0.6 is 11.6 Å². The molecule has 2 aromatic carbocycles. The summed E-state index contributed by atoms with van der Waals surface area (Å²) in [7, 11) is 1.59. The topological polar surface area (TPSA) is 38.1 Å². The molecule has 0 radical (unpaired) electrons. The molecule has 0 N–H and O–H groups in total. The third-order valence-corrected chi connectivity index (χ3v) is 4.55. The lowest BCUT2D eigenvalue weighted by Crippen LogP contribution is -2.30. The zero-order valence-electron chi connectivity index (χ0n) is 14.2. The molecule has 26 heavy (non-hydrogen) atoms. The predicted molar refractivity (Wildman–Crippen MR) is 95.4 cm³/mol. The van der Waals surface area contributed by atoms with Crippen molar-refractivity contribution in [3.8, 4) is 5.69 Å². The minimum Gasteiger partial charge on any atom is -0.334 e. The lowest BCUT2D eigenvalue weighted by atomic mass is 10.1. The van der Waals surface area contributed by atoms with Crippen molar-refractivity contribution >= 4 is 17.5 Å². The van der Waals surface area contributed by atoms with E-state index in [2.05, 4.69) is 5.10 Å². The Bertz CT molecular complexity index is 957. The second kappa shape index (κ2) is 7.25. The van der Waals surface area contributed by atoms with Crippen LogP contribution in [0.4, 0.5) is 8.78 Å². The molecule has 1 heterocycles. The molecule has 0 bridgehead atoms. The molecule has 1 aromatic heterocycles. The van der Waals surface area contributed by atoms with Crippen LogP contribution in [0.1, 0.15) is 29.0 Å². The van der Waals surface area contributed by atoms with Gasteiger partial charge in [-0.05, 0) is 42.8 Å². The van der Waals surface area contributed by atoms with Gasteiger partial charge in [0.1, 0.15) is 0 Å². The van der Waals surface area contributed by atoms with Gasteiger partial charge in [-0.2, -0.15) is 5.10 Å². The van der Waals surface area contributed by atoms with Crippen LogP contribution in [0.25, 0.3) is 5.69 Å². The zero-order valence-corrected chi connectivity index (χ0v) is 14.9. The summed E-state index contributed by atoms with van der Waals surface area (Å²) < 4.78 is 28.1. The van der Waals surface area contributed by atoms with Crippen molar-refractivity contribution in [2.45, 2.75) is 13.0 Å². The van der Waals surface area contributed by atoms with Gasteiger partial charge in [0.15, 0.2) is 17.3 Å². The van der Waals surface area contributed by atoms with E-state index >= 15 is 0 Å². The first-order chi connectivity index (χ1) is 12.4. The molecule has 3 rings (SSSR count). The van der Waals surface area contributed by atoms with Crippen molar-refractivity contribution in [1.82, 2.24) is 14.7 Å². The number of hydrogen-bond donors (Lipinski definition) is 0. The third-order valence-electron chi connectivity index (χ3n) is 4.23. The van der Waals surface area contributed by atoms with Crippen molar-refractivity contribution in [2.24, 2.45) is 0 Å². The first-order valence-corrected chi connectivity index (χ1v) is 8.29. The molecular weight excluding hydrogens is 360 g/mol. The van der Waals surface area contributed by atoms with E-state index in [0.29, 0.717) is 16.3 Å². The van der Waals surface area contributed by atoms with E-state index in [4.69, 9.17) is 11.6 Å². The molecule has 4 nitrogen and oxygen atoms in total. The van der Waals surface area contributed by atoms with E-state index in [1.807, 2.05) is 6.07 Å². The van der Waals surface area contributed by atoms with Gasteiger partial charge in [0.25, 0.3) is 5.91 Å². The van der Waals surface area contributed by atoms with E-state index in [9.17, 15) is 13.6 Å². The average Bonchev–Trinajstić information content (AvgIpc) is 3.12. The van der Waals surface area contributed by atoms with Crippen LogP contribution in [0, 0.1) is 11.6 Å². The largest absolute Gasteiger partial charge is 0.334 e. The van der Waals surface area contributed by atoms with Gasteiger partial charge < -0.3 is 4.90 Å². The minimum atomic E-state index is -0.946. The molecule has 0 saturated carbocycles. The molecule has 134 valence electrons. The molecule has 7 heteroatoms. The number of amides is 1. The van der Waals surface area contributed by atoms with Gasteiger partial charge in [0.2, 0.25) is 0 Å². The van der Waals surface area contributed by atoms with Crippen LogP contribution < -0.4 is 0 Å². The highest BCUT2D eigenvalue weighted by atomic mass is 35.5. The van der Waals surface area contributed by atoms with Gasteiger partial charge in [-0.15, -0.1) is 0 Å². The Balaban J connectivity index is 1.82. The van der Waals surface area contributed by atoms with Crippen LogP contribution in [0.5, 0.6) is 0 Å². The Hall–Kier alpha value is -2.73. The fraction of sp³-hybridized carbons (Fsp3) is 0.158. The molecule has 1 atom stereocenters. The Morgan fingerprint density at radius 3 is 2.58 bits per heavy atom. The van der Waals surface area contributed by atoms with Crippen LogP contribution in [0.3, 0.4) is 0 Å². The Morgan fingerprint density at radius 1 is 1.15 bits per heavy atom. The van der Waals surface area contributed by atoms with Gasteiger partial charge in [-0.1, -0.05) is 29.8 Å². The van der Waals surface area contributed by atoms with Crippen molar-refractivity contribution in [3.63, 3.8) is 0 Å². The maximum atomic E-state index is 13.4. The van der Waals surface area contributed by atoms with E-state index in [0.717, 1.165) is 12.1 Å². The lowest BCUT2D eigenvalue weighted by Gasteiger charge is -2.24. The Kier molecular flexibility index (Phi) is 5.04. The van der Waals surface area contributed by atoms with E-state index in [1.165, 1.54) is 15.6 Å². The highest BCUT2D eigenvalue weighted by molar-refractivity contribution is 6.32. The highest BCUT2D eigenvalue weighted by Gasteiger charge is 2.22. The lowest BCUT2D eigenvalue weighted by molar-refractivity contribution is 0.0736. The maximum Gasteiger partial charge on any atom is 0.274 e. The number of aromatic nitrogens is 2. The Morgan fingerprint density at radius 2 is 1.88 bits per heavy atom. The zero-order chi connectivity index (χ0) is 18.8. The van der Waals surface area contributed by atoms with Crippen LogP contribution in [-0.4, -0.2) is 27.6 Å². The summed E-state index contributed by atoms with van der Waals surface area (Å²) in [4.78, 5) is 14.1. The first-order valence-electron chi connectivity index (χ1n) is 7.91. The van der Waals surface area contributed by atoms with E-state index < -0.39 is 17.7 Å². The van der Waals surface area contributed by atoms with Crippen molar-refractivity contribution in [1.29, 1.82) is 0 Å². The SMILES string of the molecule is CC(c1ccc(F)c(F)c1)N(C)C(=O)c1ccn(-c2ccccc2Cl)n1. The molecule has 0 aliphatic rings. The summed E-state index contributed by atoms with van der Waals surface area (Å²) in [5, 5.41) is 4.79. The molecule has 0 saturated heterocycles. The van der Waals surface area contributed by atoms with Gasteiger partial charge >= 0.3 is 0 Å². The van der Waals surface area contributed by atoms with E-state index in [-0.39, 0.29) is 11.6 Å². The summed E-state index contributed by atoms with van der Waals surface area (Å²) in [6, 6.07) is 11.9. The van der Waals surface area contributed by atoms with E-state index in [1.54, 1.807) is 44.4 Å². The monoisotopic (exact) mass is 375 g/mol.